The van der Waals surface area contributed by atoms with Crippen molar-refractivity contribution in [3.05, 3.63) is 0 Å². The Morgan fingerprint density at radius 2 is 0.939 bits per heavy atom. The fourth-order valence-electron chi connectivity index (χ4n) is 3.96. The first-order valence-electron chi connectivity index (χ1n) is 14.1. The van der Waals surface area contributed by atoms with E-state index in [1.165, 1.54) is 83.5 Å². The number of carbonyl (C=O) groups is 2. The first-order valence-corrected chi connectivity index (χ1v) is 14.1. The zero-order valence-corrected chi connectivity index (χ0v) is 21.9. The van der Waals surface area contributed by atoms with E-state index in [-0.39, 0.29) is 25.2 Å². The van der Waals surface area contributed by atoms with Gasteiger partial charge in [0, 0.05) is 12.8 Å². The molecule has 0 spiro atoms. The molecule has 0 amide bonds. The maximum atomic E-state index is 11.9. The van der Waals surface area contributed by atoms with E-state index in [0.717, 1.165) is 38.5 Å². The predicted molar refractivity (Wildman–Crippen MR) is 136 cm³/mol. The third kappa shape index (κ3) is 23.8. The number of aliphatic hydroxyl groups excluding tert-OH is 1. The van der Waals surface area contributed by atoms with Gasteiger partial charge in [-0.05, 0) is 12.8 Å². The number of carbonyl (C=O) groups excluding carboxylic acids is 2. The molecular weight excluding hydrogens is 416 g/mol. The van der Waals surface area contributed by atoms with E-state index in [4.69, 9.17) is 9.47 Å². The van der Waals surface area contributed by atoms with E-state index in [2.05, 4.69) is 13.8 Å². The summed E-state index contributed by atoms with van der Waals surface area (Å²) in [6.45, 7) is 3.95. The highest BCUT2D eigenvalue weighted by molar-refractivity contribution is 5.70. The second kappa shape index (κ2) is 25.5. The van der Waals surface area contributed by atoms with Crippen molar-refractivity contribution in [2.45, 2.75) is 155 Å². The van der Waals surface area contributed by atoms with Crippen LogP contribution >= 0.6 is 0 Å². The van der Waals surface area contributed by atoms with Gasteiger partial charge in [-0.1, -0.05) is 123 Å². The van der Waals surface area contributed by atoms with E-state index in [1.54, 1.807) is 0 Å². The first kappa shape index (κ1) is 31.9. The van der Waals surface area contributed by atoms with Crippen molar-refractivity contribution >= 4 is 11.9 Å². The van der Waals surface area contributed by atoms with Crippen LogP contribution in [0.3, 0.4) is 0 Å². The molecule has 0 aromatic rings. The minimum absolute atomic E-state index is 0.0633. The maximum absolute atomic E-state index is 11.9. The van der Waals surface area contributed by atoms with Gasteiger partial charge in [-0.15, -0.1) is 0 Å². The van der Waals surface area contributed by atoms with Gasteiger partial charge in [0.1, 0.15) is 6.61 Å². The van der Waals surface area contributed by atoms with Gasteiger partial charge < -0.3 is 14.6 Å². The normalized spacial score (nSPS) is 12.0. The average molecular weight is 471 g/mol. The Morgan fingerprint density at radius 3 is 1.39 bits per heavy atom. The molecular formula is C28H54O5. The fraction of sp³-hybridized carbons (Fsp3) is 0.929. The molecule has 5 nitrogen and oxygen atoms in total. The number of hydrogen-bond acceptors (Lipinski definition) is 5. The van der Waals surface area contributed by atoms with Crippen LogP contribution in [-0.4, -0.2) is 36.4 Å². The summed E-state index contributed by atoms with van der Waals surface area (Å²) in [5.74, 6) is -0.614. The largest absolute Gasteiger partial charge is 0.462 e. The zero-order chi connectivity index (χ0) is 24.4. The van der Waals surface area contributed by atoms with Crippen LogP contribution in [0.15, 0.2) is 0 Å². The van der Waals surface area contributed by atoms with Gasteiger partial charge in [-0.2, -0.15) is 0 Å². The third-order valence-electron chi connectivity index (χ3n) is 6.15. The van der Waals surface area contributed by atoms with Crippen molar-refractivity contribution in [2.24, 2.45) is 0 Å². The van der Waals surface area contributed by atoms with Crippen LogP contribution in [0.5, 0.6) is 0 Å². The Morgan fingerprint density at radius 1 is 0.576 bits per heavy atom. The molecule has 1 unspecified atom stereocenters. The lowest BCUT2D eigenvalue weighted by Gasteiger charge is -2.15. The highest BCUT2D eigenvalue weighted by atomic mass is 16.6. The van der Waals surface area contributed by atoms with E-state index in [0.29, 0.717) is 12.8 Å². The lowest BCUT2D eigenvalue weighted by molar-refractivity contribution is -0.161. The van der Waals surface area contributed by atoms with E-state index >= 15 is 0 Å². The number of ether oxygens (including phenoxy) is 2. The highest BCUT2D eigenvalue weighted by Crippen LogP contribution is 2.14. The lowest BCUT2D eigenvalue weighted by atomic mass is 10.0. The molecule has 0 heterocycles. The standard InChI is InChI=1S/C28H54O5/c1-3-5-7-8-9-10-11-12-13-14-15-16-17-18-19-21-23-28(31)33-26(24-29)25-32-27(30)22-20-6-4-2/h26,29H,3-25H2,1-2H3. The molecule has 1 N–H and O–H groups in total. The molecule has 0 aliphatic heterocycles. The van der Waals surface area contributed by atoms with E-state index < -0.39 is 6.10 Å². The molecule has 1 atom stereocenters. The molecule has 5 heteroatoms. The summed E-state index contributed by atoms with van der Waals surface area (Å²) >= 11 is 0. The van der Waals surface area contributed by atoms with Crippen LogP contribution in [0.2, 0.25) is 0 Å². The minimum Gasteiger partial charge on any atom is -0.462 e. The Kier molecular flexibility index (Phi) is 24.7. The molecule has 0 aromatic carbocycles. The van der Waals surface area contributed by atoms with Crippen molar-refractivity contribution in [1.29, 1.82) is 0 Å². The number of esters is 2. The SMILES string of the molecule is CCCCCCCCCCCCCCCCCCC(=O)OC(CO)COC(=O)CCCCC. The average Bonchev–Trinajstić information content (AvgIpc) is 2.81. The summed E-state index contributed by atoms with van der Waals surface area (Å²) in [5.41, 5.74) is 0. The Balaban J connectivity index is 3.45. The topological polar surface area (TPSA) is 72.8 Å². The Bertz CT molecular complexity index is 438. The summed E-state index contributed by atoms with van der Waals surface area (Å²) in [7, 11) is 0. The second-order valence-corrected chi connectivity index (χ2v) is 9.49. The van der Waals surface area contributed by atoms with Crippen molar-refractivity contribution in [3.63, 3.8) is 0 Å². The van der Waals surface area contributed by atoms with Gasteiger partial charge in [0.05, 0.1) is 6.61 Å². The van der Waals surface area contributed by atoms with Crippen LogP contribution < -0.4 is 0 Å². The summed E-state index contributed by atoms with van der Waals surface area (Å²) < 4.78 is 10.3. The van der Waals surface area contributed by atoms with Crippen LogP contribution in [-0.2, 0) is 19.1 Å². The van der Waals surface area contributed by atoms with Crippen LogP contribution in [0.4, 0.5) is 0 Å². The predicted octanol–water partition coefficient (Wildman–Crippen LogP) is 7.67. The van der Waals surface area contributed by atoms with Gasteiger partial charge in [0.2, 0.25) is 0 Å². The molecule has 0 saturated carbocycles. The number of rotatable bonds is 25. The molecule has 0 saturated heterocycles. The molecule has 0 radical (unpaired) electrons. The zero-order valence-electron chi connectivity index (χ0n) is 21.9. The summed E-state index contributed by atoms with van der Waals surface area (Å²) in [5, 5.41) is 9.35. The van der Waals surface area contributed by atoms with Gasteiger partial charge in [-0.25, -0.2) is 0 Å². The molecule has 0 aromatic heterocycles. The molecule has 196 valence electrons. The Labute approximate surface area is 204 Å². The van der Waals surface area contributed by atoms with Crippen molar-refractivity contribution in [3.8, 4) is 0 Å². The second-order valence-electron chi connectivity index (χ2n) is 9.49. The summed E-state index contributed by atoms with van der Waals surface area (Å²) in [6, 6.07) is 0. The number of hydrogen-bond donors (Lipinski definition) is 1. The first-order chi connectivity index (χ1) is 16.1. The molecule has 0 aliphatic carbocycles. The minimum atomic E-state index is -0.756. The van der Waals surface area contributed by atoms with Crippen LogP contribution in [0.1, 0.15) is 149 Å². The summed E-state index contributed by atoms with van der Waals surface area (Å²) in [6.07, 6.45) is 23.6. The summed E-state index contributed by atoms with van der Waals surface area (Å²) in [4.78, 5) is 23.6. The number of aliphatic hydroxyl groups is 1. The van der Waals surface area contributed by atoms with Gasteiger partial charge in [0.15, 0.2) is 6.10 Å². The van der Waals surface area contributed by atoms with Gasteiger partial charge >= 0.3 is 11.9 Å². The highest BCUT2D eigenvalue weighted by Gasteiger charge is 2.15. The van der Waals surface area contributed by atoms with Crippen LogP contribution in [0.25, 0.3) is 0 Å². The monoisotopic (exact) mass is 470 g/mol. The molecule has 33 heavy (non-hydrogen) atoms. The van der Waals surface area contributed by atoms with E-state index in [9.17, 15) is 14.7 Å². The maximum Gasteiger partial charge on any atom is 0.306 e. The fourth-order valence-corrected chi connectivity index (χ4v) is 3.96. The molecule has 0 rings (SSSR count). The molecule has 0 bridgehead atoms. The number of unbranched alkanes of at least 4 members (excludes halogenated alkanes) is 17. The smallest absolute Gasteiger partial charge is 0.306 e. The Hall–Kier alpha value is -1.10. The quantitative estimate of drug-likeness (QED) is 0.109. The van der Waals surface area contributed by atoms with Crippen molar-refractivity contribution in [2.75, 3.05) is 13.2 Å². The van der Waals surface area contributed by atoms with Crippen LogP contribution in [0, 0.1) is 0 Å². The molecule has 0 fully saturated rings. The van der Waals surface area contributed by atoms with Crippen molar-refractivity contribution < 1.29 is 24.2 Å². The van der Waals surface area contributed by atoms with Crippen molar-refractivity contribution in [1.82, 2.24) is 0 Å². The molecule has 0 aliphatic rings. The van der Waals surface area contributed by atoms with E-state index in [1.807, 2.05) is 0 Å². The van der Waals surface area contributed by atoms with Gasteiger partial charge in [-0.3, -0.25) is 9.59 Å². The van der Waals surface area contributed by atoms with Gasteiger partial charge in [0.25, 0.3) is 0 Å². The lowest BCUT2D eigenvalue weighted by Crippen LogP contribution is -2.28. The third-order valence-corrected chi connectivity index (χ3v) is 6.15.